The summed E-state index contributed by atoms with van der Waals surface area (Å²) in [6.45, 7) is 2.19. The lowest BCUT2D eigenvalue weighted by Crippen LogP contribution is -2.38. The Kier molecular flexibility index (Phi) is 6.14. The van der Waals surface area contributed by atoms with Gasteiger partial charge < -0.3 is 10.6 Å². The average molecular weight is 364 g/mol. The minimum Gasteiger partial charge on any atom is -0.338 e. The minimum atomic E-state index is -3.24. The molecule has 0 aliphatic heterocycles. The fraction of sp³-hybridized carbons (Fsp3) is 0.278. The Hall–Kier alpha value is -2.41. The van der Waals surface area contributed by atoms with E-state index in [1.165, 1.54) is 24.3 Å². The quantitative estimate of drug-likeness (QED) is 0.828. The number of carbonyl (C=O) groups excluding carboxylic acids is 1. The van der Waals surface area contributed by atoms with Crippen LogP contribution in [-0.4, -0.2) is 27.2 Å². The molecule has 7 heteroatoms. The Morgan fingerprint density at radius 2 is 1.84 bits per heavy atom. The summed E-state index contributed by atoms with van der Waals surface area (Å²) in [5, 5.41) is 5.50. The lowest BCUT2D eigenvalue weighted by atomic mass is 10.1. The highest BCUT2D eigenvalue weighted by Crippen LogP contribution is 2.16. The molecule has 2 aromatic carbocycles. The summed E-state index contributed by atoms with van der Waals surface area (Å²) in [6, 6.07) is 12.0. The first-order valence-corrected chi connectivity index (χ1v) is 9.73. The number of rotatable bonds is 6. The molecule has 1 unspecified atom stereocenters. The van der Waals surface area contributed by atoms with Crippen molar-refractivity contribution in [1.82, 2.24) is 10.6 Å². The molecule has 0 heterocycles. The van der Waals surface area contributed by atoms with Crippen molar-refractivity contribution in [3.8, 4) is 0 Å². The van der Waals surface area contributed by atoms with Crippen molar-refractivity contribution in [2.24, 2.45) is 0 Å². The largest absolute Gasteiger partial charge is 0.338 e. The maximum Gasteiger partial charge on any atom is 0.315 e. The molecule has 1 atom stereocenters. The summed E-state index contributed by atoms with van der Waals surface area (Å²) < 4.78 is 36.0. The van der Waals surface area contributed by atoms with E-state index in [0.29, 0.717) is 13.0 Å². The third-order valence-electron chi connectivity index (χ3n) is 3.74. The van der Waals surface area contributed by atoms with Crippen LogP contribution in [0, 0.1) is 5.82 Å². The summed E-state index contributed by atoms with van der Waals surface area (Å²) in [5.41, 5.74) is 1.61. The van der Waals surface area contributed by atoms with E-state index in [1.807, 2.05) is 6.92 Å². The van der Waals surface area contributed by atoms with Crippen molar-refractivity contribution >= 4 is 15.9 Å². The molecule has 2 rings (SSSR count). The third-order valence-corrected chi connectivity index (χ3v) is 4.87. The number of benzene rings is 2. The van der Waals surface area contributed by atoms with Crippen LogP contribution >= 0.6 is 0 Å². The van der Waals surface area contributed by atoms with Gasteiger partial charge in [0.2, 0.25) is 0 Å². The van der Waals surface area contributed by atoms with Gasteiger partial charge in [0.05, 0.1) is 10.9 Å². The van der Waals surface area contributed by atoms with E-state index in [0.717, 1.165) is 17.4 Å². The number of urea groups is 1. The lowest BCUT2D eigenvalue weighted by Gasteiger charge is -2.15. The van der Waals surface area contributed by atoms with Crippen LogP contribution in [0.5, 0.6) is 0 Å². The van der Waals surface area contributed by atoms with Crippen LogP contribution in [0.4, 0.5) is 9.18 Å². The van der Waals surface area contributed by atoms with E-state index in [2.05, 4.69) is 10.6 Å². The molecule has 2 aromatic rings. The van der Waals surface area contributed by atoms with E-state index in [4.69, 9.17) is 0 Å². The second-order valence-electron chi connectivity index (χ2n) is 5.84. The van der Waals surface area contributed by atoms with Gasteiger partial charge in [0.1, 0.15) is 5.82 Å². The number of sulfone groups is 1. The van der Waals surface area contributed by atoms with Gasteiger partial charge in [-0.1, -0.05) is 24.3 Å². The molecule has 0 spiro atoms. The van der Waals surface area contributed by atoms with E-state index in [9.17, 15) is 17.6 Å². The summed E-state index contributed by atoms with van der Waals surface area (Å²) in [5.74, 6) is -0.298. The minimum absolute atomic E-state index is 0.239. The van der Waals surface area contributed by atoms with Gasteiger partial charge in [0, 0.05) is 12.8 Å². The highest BCUT2D eigenvalue weighted by molar-refractivity contribution is 7.90. The van der Waals surface area contributed by atoms with Crippen molar-refractivity contribution in [2.75, 3.05) is 12.8 Å². The molecule has 25 heavy (non-hydrogen) atoms. The predicted molar refractivity (Wildman–Crippen MR) is 94.6 cm³/mol. The molecule has 0 aliphatic rings. The number of carbonyl (C=O) groups is 1. The molecule has 0 saturated heterocycles. The fourth-order valence-corrected chi connectivity index (χ4v) is 2.98. The van der Waals surface area contributed by atoms with Crippen molar-refractivity contribution in [3.05, 3.63) is 65.5 Å². The van der Waals surface area contributed by atoms with Crippen molar-refractivity contribution in [1.29, 1.82) is 0 Å². The number of nitrogens with one attached hydrogen (secondary N) is 2. The number of hydrogen-bond donors (Lipinski definition) is 2. The molecule has 2 amide bonds. The first kappa shape index (κ1) is 18.9. The van der Waals surface area contributed by atoms with Crippen LogP contribution in [0.15, 0.2) is 53.4 Å². The molecule has 5 nitrogen and oxygen atoms in total. The normalized spacial score (nSPS) is 12.4. The second-order valence-corrected chi connectivity index (χ2v) is 7.86. The number of hydrogen-bond acceptors (Lipinski definition) is 3. The third kappa shape index (κ3) is 5.86. The van der Waals surface area contributed by atoms with Crippen molar-refractivity contribution < 1.29 is 17.6 Å². The van der Waals surface area contributed by atoms with Crippen molar-refractivity contribution in [3.63, 3.8) is 0 Å². The molecule has 134 valence electrons. The van der Waals surface area contributed by atoms with E-state index in [-0.39, 0.29) is 22.8 Å². The Bertz CT molecular complexity index is 836. The Labute approximate surface area is 147 Å². The number of halogens is 1. The Morgan fingerprint density at radius 1 is 1.16 bits per heavy atom. The van der Waals surface area contributed by atoms with E-state index in [1.54, 1.807) is 24.3 Å². The monoisotopic (exact) mass is 364 g/mol. The van der Waals surface area contributed by atoms with Gasteiger partial charge in [-0.15, -0.1) is 0 Å². The first-order chi connectivity index (χ1) is 11.8. The molecule has 2 N–H and O–H groups in total. The maximum absolute atomic E-state index is 13.1. The van der Waals surface area contributed by atoms with Gasteiger partial charge in [0.25, 0.3) is 0 Å². The molecule has 0 fully saturated rings. The summed E-state index contributed by atoms with van der Waals surface area (Å²) in [4.78, 5) is 12.2. The maximum atomic E-state index is 13.1. The van der Waals surface area contributed by atoms with Gasteiger partial charge in [-0.25, -0.2) is 17.6 Å². The molecular weight excluding hydrogens is 343 g/mol. The predicted octanol–water partition coefficient (Wildman–Crippen LogP) is 2.83. The van der Waals surface area contributed by atoms with Crippen LogP contribution in [0.3, 0.4) is 0 Å². The fourth-order valence-electron chi connectivity index (χ4n) is 2.35. The summed E-state index contributed by atoms with van der Waals surface area (Å²) in [6.07, 6.45) is 1.68. The Balaban J connectivity index is 1.83. The molecule has 0 aliphatic carbocycles. The van der Waals surface area contributed by atoms with Crippen LogP contribution < -0.4 is 10.6 Å². The van der Waals surface area contributed by atoms with Crippen LogP contribution in [0.25, 0.3) is 0 Å². The van der Waals surface area contributed by atoms with E-state index >= 15 is 0 Å². The smallest absolute Gasteiger partial charge is 0.315 e. The lowest BCUT2D eigenvalue weighted by molar-refractivity contribution is 0.238. The molecule has 0 aromatic heterocycles. The topological polar surface area (TPSA) is 75.3 Å². The van der Waals surface area contributed by atoms with Crippen LogP contribution in [0.2, 0.25) is 0 Å². The molecule has 0 radical (unpaired) electrons. The summed E-state index contributed by atoms with van der Waals surface area (Å²) >= 11 is 0. The zero-order valence-corrected chi connectivity index (χ0v) is 14.9. The van der Waals surface area contributed by atoms with Crippen LogP contribution in [0.1, 0.15) is 24.1 Å². The highest BCUT2D eigenvalue weighted by atomic mass is 32.2. The molecule has 0 saturated carbocycles. The molecular formula is C18H21FN2O3S. The van der Waals surface area contributed by atoms with Gasteiger partial charge in [0.15, 0.2) is 9.84 Å². The zero-order valence-electron chi connectivity index (χ0n) is 14.1. The van der Waals surface area contributed by atoms with Gasteiger partial charge in [-0.2, -0.15) is 0 Å². The van der Waals surface area contributed by atoms with Gasteiger partial charge in [-0.05, 0) is 48.7 Å². The van der Waals surface area contributed by atoms with E-state index < -0.39 is 9.84 Å². The number of amides is 2. The zero-order chi connectivity index (χ0) is 18.4. The standard InChI is InChI=1S/C18H21FN2O3S/c1-13(15-6-8-17(9-7-15)25(2,23)24)21-18(22)20-11-10-14-4-3-5-16(19)12-14/h3-9,12-13H,10-11H2,1-2H3,(H2,20,21,22). The van der Waals surface area contributed by atoms with Gasteiger partial charge >= 0.3 is 6.03 Å². The Morgan fingerprint density at radius 3 is 2.44 bits per heavy atom. The van der Waals surface area contributed by atoms with Crippen LogP contribution in [-0.2, 0) is 16.3 Å². The summed E-state index contributed by atoms with van der Waals surface area (Å²) in [7, 11) is -3.24. The second kappa shape index (κ2) is 8.11. The average Bonchev–Trinajstić information content (AvgIpc) is 2.54. The SMILES string of the molecule is CC(NC(=O)NCCc1cccc(F)c1)c1ccc(S(C)(=O)=O)cc1. The van der Waals surface area contributed by atoms with Crippen molar-refractivity contribution in [2.45, 2.75) is 24.3 Å². The molecule has 0 bridgehead atoms. The highest BCUT2D eigenvalue weighted by Gasteiger charge is 2.11. The van der Waals surface area contributed by atoms with Gasteiger partial charge in [-0.3, -0.25) is 0 Å². The first-order valence-electron chi connectivity index (χ1n) is 7.84.